The Morgan fingerprint density at radius 3 is 2.53 bits per heavy atom. The van der Waals surface area contributed by atoms with E-state index in [4.69, 9.17) is 4.74 Å². The van der Waals surface area contributed by atoms with E-state index in [1.807, 2.05) is 6.07 Å². The van der Waals surface area contributed by atoms with E-state index >= 15 is 0 Å². The summed E-state index contributed by atoms with van der Waals surface area (Å²) in [5, 5.41) is 0. The van der Waals surface area contributed by atoms with Gasteiger partial charge in [-0.1, -0.05) is 12.1 Å². The van der Waals surface area contributed by atoms with Crippen LogP contribution < -0.4 is 0 Å². The molecule has 0 aromatic heterocycles. The Balaban J connectivity index is 2.83. The molecule has 5 heteroatoms. The zero-order valence-corrected chi connectivity index (χ0v) is 10.2. The number of hydrogen-bond acceptors (Lipinski definition) is 1. The van der Waals surface area contributed by atoms with E-state index in [-0.39, 0.29) is 0 Å². The summed E-state index contributed by atoms with van der Waals surface area (Å²) < 4.78 is 42.3. The van der Waals surface area contributed by atoms with Gasteiger partial charge in [0.1, 0.15) is 0 Å². The molecule has 0 N–H and O–H groups in total. The Bertz CT molecular complexity index is 325. The molecule has 0 spiro atoms. The van der Waals surface area contributed by atoms with Crippen LogP contribution in [-0.4, -0.2) is 13.3 Å². The highest BCUT2D eigenvalue weighted by Gasteiger charge is 2.32. The van der Waals surface area contributed by atoms with Crippen molar-refractivity contribution in [2.24, 2.45) is 0 Å². The predicted octanol–water partition coefficient (Wildman–Crippen LogP) is 3.93. The molecule has 84 valence electrons. The van der Waals surface area contributed by atoms with E-state index in [1.54, 1.807) is 18.2 Å². The molecule has 0 bridgehead atoms. The Labute approximate surface area is 99.8 Å². The smallest absolute Gasteiger partial charge is 0.376 e. The van der Waals surface area contributed by atoms with E-state index < -0.39 is 18.7 Å². The predicted molar refractivity (Wildman–Crippen MR) is 59.6 cm³/mol. The minimum Gasteiger partial charge on any atom is -0.376 e. The molecule has 0 aliphatic rings. The monoisotopic (exact) mass is 330 g/mol. The minimum atomic E-state index is -4.21. The fourth-order valence-electron chi connectivity index (χ4n) is 1.25. The van der Waals surface area contributed by atoms with Gasteiger partial charge in [0.2, 0.25) is 0 Å². The molecule has 1 rings (SSSR count). The summed E-state index contributed by atoms with van der Waals surface area (Å²) in [6, 6.07) is 6.88. The lowest BCUT2D eigenvalue weighted by atomic mass is 10.1. The topological polar surface area (TPSA) is 9.23 Å². The van der Waals surface area contributed by atoms with Gasteiger partial charge in [-0.2, -0.15) is 13.2 Å². The molecule has 0 saturated heterocycles. The molecular weight excluding hydrogens is 320 g/mol. The van der Waals surface area contributed by atoms with Gasteiger partial charge in [-0.05, 0) is 40.3 Å². The largest absolute Gasteiger partial charge is 0.391 e. The van der Waals surface area contributed by atoms with Gasteiger partial charge in [0, 0.05) is 10.7 Å². The SMILES string of the molecule is COC(CC(F)(F)F)c1cccc(I)c1. The molecule has 1 nitrogen and oxygen atoms in total. The van der Waals surface area contributed by atoms with Crippen molar-refractivity contribution < 1.29 is 17.9 Å². The highest BCUT2D eigenvalue weighted by molar-refractivity contribution is 14.1. The zero-order valence-electron chi connectivity index (χ0n) is 8.01. The molecule has 1 aromatic rings. The van der Waals surface area contributed by atoms with Gasteiger partial charge in [0.25, 0.3) is 0 Å². The quantitative estimate of drug-likeness (QED) is 0.763. The van der Waals surface area contributed by atoms with Crippen LogP contribution in [-0.2, 0) is 4.74 Å². The molecule has 1 atom stereocenters. The molecule has 0 aliphatic heterocycles. The molecule has 1 unspecified atom stereocenters. The fraction of sp³-hybridized carbons (Fsp3) is 0.400. The summed E-state index contributed by atoms with van der Waals surface area (Å²) in [5.74, 6) is 0. The van der Waals surface area contributed by atoms with Crippen LogP contribution in [0.2, 0.25) is 0 Å². The molecule has 0 heterocycles. The number of halogens is 4. The third-order valence-electron chi connectivity index (χ3n) is 1.92. The van der Waals surface area contributed by atoms with Crippen molar-refractivity contribution in [2.45, 2.75) is 18.7 Å². The van der Waals surface area contributed by atoms with Crippen molar-refractivity contribution in [3.8, 4) is 0 Å². The number of rotatable bonds is 3. The minimum absolute atomic E-state index is 0.557. The third-order valence-corrected chi connectivity index (χ3v) is 2.59. The molecule has 0 radical (unpaired) electrons. The summed E-state index contributed by atoms with van der Waals surface area (Å²) in [5.41, 5.74) is 0.557. The maximum Gasteiger partial charge on any atom is 0.391 e. The first-order chi connectivity index (χ1) is 6.92. The fourth-order valence-corrected chi connectivity index (χ4v) is 1.82. The van der Waals surface area contributed by atoms with Crippen molar-refractivity contribution in [1.29, 1.82) is 0 Å². The number of hydrogen-bond donors (Lipinski definition) is 0. The van der Waals surface area contributed by atoms with Crippen LogP contribution in [0.5, 0.6) is 0 Å². The lowest BCUT2D eigenvalue weighted by molar-refractivity contribution is -0.158. The Kier molecular flexibility index (Phi) is 4.39. The van der Waals surface area contributed by atoms with Gasteiger partial charge >= 0.3 is 6.18 Å². The van der Waals surface area contributed by atoms with Gasteiger partial charge in [0.15, 0.2) is 0 Å². The van der Waals surface area contributed by atoms with Crippen molar-refractivity contribution in [3.05, 3.63) is 33.4 Å². The van der Waals surface area contributed by atoms with Crippen molar-refractivity contribution in [1.82, 2.24) is 0 Å². The van der Waals surface area contributed by atoms with Crippen LogP contribution in [0, 0.1) is 3.57 Å². The van der Waals surface area contributed by atoms with Crippen LogP contribution in [0.15, 0.2) is 24.3 Å². The van der Waals surface area contributed by atoms with E-state index in [2.05, 4.69) is 22.6 Å². The van der Waals surface area contributed by atoms with Gasteiger partial charge in [-0.3, -0.25) is 0 Å². The van der Waals surface area contributed by atoms with Crippen LogP contribution in [0.25, 0.3) is 0 Å². The van der Waals surface area contributed by atoms with E-state index in [0.29, 0.717) is 5.56 Å². The summed E-state index contributed by atoms with van der Waals surface area (Å²) >= 11 is 2.06. The highest BCUT2D eigenvalue weighted by Crippen LogP contribution is 2.31. The number of alkyl halides is 3. The maximum absolute atomic E-state index is 12.2. The van der Waals surface area contributed by atoms with Crippen molar-refractivity contribution in [3.63, 3.8) is 0 Å². The van der Waals surface area contributed by atoms with E-state index in [1.165, 1.54) is 7.11 Å². The second-order valence-corrected chi connectivity index (χ2v) is 4.34. The summed E-state index contributed by atoms with van der Waals surface area (Å²) in [6.45, 7) is 0. The lowest BCUT2D eigenvalue weighted by Gasteiger charge is -2.17. The Morgan fingerprint density at radius 1 is 1.40 bits per heavy atom. The maximum atomic E-state index is 12.2. The van der Waals surface area contributed by atoms with Gasteiger partial charge in [-0.25, -0.2) is 0 Å². The highest BCUT2D eigenvalue weighted by atomic mass is 127. The lowest BCUT2D eigenvalue weighted by Crippen LogP contribution is -2.15. The van der Waals surface area contributed by atoms with Crippen LogP contribution in [0.1, 0.15) is 18.1 Å². The first-order valence-electron chi connectivity index (χ1n) is 4.27. The third kappa shape index (κ3) is 4.38. The average Bonchev–Trinajstić information content (AvgIpc) is 2.13. The molecule has 0 amide bonds. The normalized spacial score (nSPS) is 13.9. The first-order valence-corrected chi connectivity index (χ1v) is 5.35. The van der Waals surface area contributed by atoms with E-state index in [9.17, 15) is 13.2 Å². The van der Waals surface area contributed by atoms with E-state index in [0.717, 1.165) is 3.57 Å². The number of methoxy groups -OCH3 is 1. The second-order valence-electron chi connectivity index (χ2n) is 3.10. The van der Waals surface area contributed by atoms with Crippen molar-refractivity contribution >= 4 is 22.6 Å². The van der Waals surface area contributed by atoms with Gasteiger partial charge in [0.05, 0.1) is 12.5 Å². The molecule has 15 heavy (non-hydrogen) atoms. The average molecular weight is 330 g/mol. The van der Waals surface area contributed by atoms with Gasteiger partial charge in [-0.15, -0.1) is 0 Å². The molecule has 0 saturated carbocycles. The summed E-state index contributed by atoms with van der Waals surface area (Å²) in [4.78, 5) is 0. The molecular formula is C10H10F3IO. The summed E-state index contributed by atoms with van der Waals surface area (Å²) in [6.07, 6.45) is -6.08. The molecule has 0 fully saturated rings. The first kappa shape index (κ1) is 12.8. The number of benzene rings is 1. The standard InChI is InChI=1S/C10H10F3IO/c1-15-9(6-10(11,12)13)7-3-2-4-8(14)5-7/h2-5,9H,6H2,1H3. The number of ether oxygens (including phenoxy) is 1. The summed E-state index contributed by atoms with van der Waals surface area (Å²) in [7, 11) is 1.29. The molecule has 0 aliphatic carbocycles. The van der Waals surface area contributed by atoms with Crippen LogP contribution in [0.4, 0.5) is 13.2 Å². The second kappa shape index (κ2) is 5.16. The van der Waals surface area contributed by atoms with Crippen LogP contribution >= 0.6 is 22.6 Å². The van der Waals surface area contributed by atoms with Crippen LogP contribution in [0.3, 0.4) is 0 Å². The zero-order chi connectivity index (χ0) is 11.5. The Hall–Kier alpha value is -0.300. The van der Waals surface area contributed by atoms with Gasteiger partial charge < -0.3 is 4.74 Å². The molecule has 1 aromatic carbocycles. The Morgan fingerprint density at radius 2 is 2.07 bits per heavy atom. The van der Waals surface area contributed by atoms with Crippen molar-refractivity contribution in [2.75, 3.05) is 7.11 Å².